The number of benzene rings is 1. The molecular weight excluding hydrogens is 222 g/mol. The van der Waals surface area contributed by atoms with Gasteiger partial charge in [-0.25, -0.2) is 0 Å². The summed E-state index contributed by atoms with van der Waals surface area (Å²) in [5.74, 6) is 0. The van der Waals surface area contributed by atoms with E-state index in [0.717, 1.165) is 13.0 Å². The van der Waals surface area contributed by atoms with Crippen molar-refractivity contribution in [3.8, 4) is 0 Å². The van der Waals surface area contributed by atoms with Gasteiger partial charge in [0, 0.05) is 12.6 Å². The molecule has 0 amide bonds. The number of rotatable bonds is 6. The first-order valence-electron chi connectivity index (χ1n) is 7.17. The Morgan fingerprint density at radius 2 is 2.06 bits per heavy atom. The Morgan fingerprint density at radius 1 is 1.28 bits per heavy atom. The van der Waals surface area contributed by atoms with Gasteiger partial charge in [-0.15, -0.1) is 0 Å². The van der Waals surface area contributed by atoms with Crippen LogP contribution in [0.5, 0.6) is 0 Å². The van der Waals surface area contributed by atoms with Gasteiger partial charge in [0.15, 0.2) is 0 Å². The van der Waals surface area contributed by atoms with Crippen LogP contribution in [0.1, 0.15) is 38.7 Å². The monoisotopic (exact) mass is 247 g/mol. The summed E-state index contributed by atoms with van der Waals surface area (Å²) < 4.78 is 5.81. The standard InChI is InChI=1S/C16H25NO/c1-13(8-10-15-6-4-3-5-7-15)17-12-16-11-9-14(2)18-16/h3-7,13-14,16-17H,8-12H2,1-2H3. The van der Waals surface area contributed by atoms with E-state index >= 15 is 0 Å². The quantitative estimate of drug-likeness (QED) is 0.833. The maximum absolute atomic E-state index is 5.81. The van der Waals surface area contributed by atoms with Crippen molar-refractivity contribution in [2.45, 2.75) is 57.8 Å². The lowest BCUT2D eigenvalue weighted by Crippen LogP contribution is -2.34. The third kappa shape index (κ3) is 4.43. The molecule has 0 bridgehead atoms. The van der Waals surface area contributed by atoms with Crippen molar-refractivity contribution in [1.29, 1.82) is 0 Å². The Morgan fingerprint density at radius 3 is 2.72 bits per heavy atom. The molecule has 1 aliphatic heterocycles. The molecule has 1 aromatic rings. The average Bonchev–Trinajstić information content (AvgIpc) is 2.81. The van der Waals surface area contributed by atoms with Crippen LogP contribution in [0.25, 0.3) is 0 Å². The predicted molar refractivity (Wildman–Crippen MR) is 75.8 cm³/mol. The van der Waals surface area contributed by atoms with Crippen LogP contribution < -0.4 is 5.32 Å². The van der Waals surface area contributed by atoms with Crippen molar-refractivity contribution in [2.24, 2.45) is 0 Å². The van der Waals surface area contributed by atoms with Gasteiger partial charge in [-0.05, 0) is 45.1 Å². The van der Waals surface area contributed by atoms with Crippen LogP contribution in [0.3, 0.4) is 0 Å². The van der Waals surface area contributed by atoms with Crippen LogP contribution >= 0.6 is 0 Å². The first-order valence-corrected chi connectivity index (χ1v) is 7.17. The van der Waals surface area contributed by atoms with Crippen molar-refractivity contribution in [2.75, 3.05) is 6.54 Å². The van der Waals surface area contributed by atoms with Crippen molar-refractivity contribution >= 4 is 0 Å². The van der Waals surface area contributed by atoms with Crippen LogP contribution in [-0.4, -0.2) is 24.8 Å². The van der Waals surface area contributed by atoms with Gasteiger partial charge in [0.2, 0.25) is 0 Å². The van der Waals surface area contributed by atoms with Crippen molar-refractivity contribution in [1.82, 2.24) is 5.32 Å². The number of hydrogen-bond donors (Lipinski definition) is 1. The summed E-state index contributed by atoms with van der Waals surface area (Å²) in [6.07, 6.45) is 5.64. The van der Waals surface area contributed by atoms with Gasteiger partial charge < -0.3 is 10.1 Å². The van der Waals surface area contributed by atoms with E-state index in [2.05, 4.69) is 49.5 Å². The van der Waals surface area contributed by atoms with Gasteiger partial charge in [0.25, 0.3) is 0 Å². The van der Waals surface area contributed by atoms with Gasteiger partial charge in [-0.1, -0.05) is 30.3 Å². The van der Waals surface area contributed by atoms with Crippen molar-refractivity contribution in [3.63, 3.8) is 0 Å². The van der Waals surface area contributed by atoms with Gasteiger partial charge in [-0.2, -0.15) is 0 Å². The predicted octanol–water partition coefficient (Wildman–Crippen LogP) is 3.16. The van der Waals surface area contributed by atoms with E-state index < -0.39 is 0 Å². The summed E-state index contributed by atoms with van der Waals surface area (Å²) in [4.78, 5) is 0. The molecule has 2 heteroatoms. The minimum atomic E-state index is 0.430. The minimum absolute atomic E-state index is 0.430. The Bertz CT molecular complexity index is 338. The second-order valence-corrected chi connectivity index (χ2v) is 5.48. The highest BCUT2D eigenvalue weighted by Crippen LogP contribution is 2.18. The topological polar surface area (TPSA) is 21.3 Å². The van der Waals surface area contributed by atoms with Crippen LogP contribution in [0, 0.1) is 0 Å². The molecule has 1 heterocycles. The van der Waals surface area contributed by atoms with Crippen LogP contribution in [0.4, 0.5) is 0 Å². The molecule has 3 unspecified atom stereocenters. The maximum atomic E-state index is 5.81. The number of nitrogens with one attached hydrogen (secondary N) is 1. The average molecular weight is 247 g/mol. The van der Waals surface area contributed by atoms with E-state index in [1.807, 2.05) is 0 Å². The molecule has 1 aromatic carbocycles. The highest BCUT2D eigenvalue weighted by Gasteiger charge is 2.21. The maximum Gasteiger partial charge on any atom is 0.0704 e. The van der Waals surface area contributed by atoms with Crippen molar-refractivity contribution < 1.29 is 4.74 Å². The zero-order valence-corrected chi connectivity index (χ0v) is 11.6. The first-order chi connectivity index (χ1) is 8.74. The molecule has 1 aliphatic rings. The van der Waals surface area contributed by atoms with Crippen molar-refractivity contribution in [3.05, 3.63) is 35.9 Å². The lowest BCUT2D eigenvalue weighted by atomic mass is 10.1. The molecule has 0 saturated carbocycles. The zero-order chi connectivity index (χ0) is 12.8. The zero-order valence-electron chi connectivity index (χ0n) is 11.6. The third-order valence-corrected chi connectivity index (χ3v) is 3.72. The fourth-order valence-electron chi connectivity index (χ4n) is 2.50. The Balaban J connectivity index is 1.62. The molecule has 3 atom stereocenters. The van der Waals surface area contributed by atoms with Crippen LogP contribution in [0.15, 0.2) is 30.3 Å². The van der Waals surface area contributed by atoms with E-state index in [9.17, 15) is 0 Å². The Labute approximate surface area is 111 Å². The Kier molecular flexibility index (Phi) is 5.21. The van der Waals surface area contributed by atoms with E-state index in [0.29, 0.717) is 18.2 Å². The Hall–Kier alpha value is -0.860. The highest BCUT2D eigenvalue weighted by molar-refractivity contribution is 5.14. The summed E-state index contributed by atoms with van der Waals surface area (Å²) in [5.41, 5.74) is 1.43. The van der Waals surface area contributed by atoms with Gasteiger partial charge in [0.05, 0.1) is 12.2 Å². The van der Waals surface area contributed by atoms with E-state index in [1.165, 1.54) is 24.8 Å². The van der Waals surface area contributed by atoms with Gasteiger partial charge >= 0.3 is 0 Å². The fourth-order valence-corrected chi connectivity index (χ4v) is 2.50. The summed E-state index contributed by atoms with van der Waals surface area (Å²) in [6, 6.07) is 11.3. The van der Waals surface area contributed by atoms with E-state index in [1.54, 1.807) is 0 Å². The SMILES string of the molecule is CC(CCc1ccccc1)NCC1CCC(C)O1. The molecule has 100 valence electrons. The number of hydrogen-bond acceptors (Lipinski definition) is 2. The minimum Gasteiger partial charge on any atom is -0.374 e. The molecule has 1 N–H and O–H groups in total. The smallest absolute Gasteiger partial charge is 0.0704 e. The fraction of sp³-hybridized carbons (Fsp3) is 0.625. The third-order valence-electron chi connectivity index (χ3n) is 3.72. The van der Waals surface area contributed by atoms with Crippen LogP contribution in [0.2, 0.25) is 0 Å². The summed E-state index contributed by atoms with van der Waals surface area (Å²) >= 11 is 0. The second kappa shape index (κ2) is 6.91. The second-order valence-electron chi connectivity index (χ2n) is 5.48. The molecule has 1 fully saturated rings. The largest absolute Gasteiger partial charge is 0.374 e. The van der Waals surface area contributed by atoms with Crippen LogP contribution in [-0.2, 0) is 11.2 Å². The summed E-state index contributed by atoms with van der Waals surface area (Å²) in [6.45, 7) is 5.43. The van der Waals surface area contributed by atoms with E-state index in [-0.39, 0.29) is 0 Å². The molecule has 0 aliphatic carbocycles. The molecular formula is C16H25NO. The molecule has 18 heavy (non-hydrogen) atoms. The lowest BCUT2D eigenvalue weighted by Gasteiger charge is -2.17. The molecule has 0 aromatic heterocycles. The molecule has 0 radical (unpaired) electrons. The molecule has 0 spiro atoms. The summed E-state index contributed by atoms with van der Waals surface area (Å²) in [5, 5.41) is 3.59. The first kappa shape index (κ1) is 13.6. The number of ether oxygens (including phenoxy) is 1. The summed E-state index contributed by atoms with van der Waals surface area (Å²) in [7, 11) is 0. The van der Waals surface area contributed by atoms with Gasteiger partial charge in [-0.3, -0.25) is 0 Å². The lowest BCUT2D eigenvalue weighted by molar-refractivity contribution is 0.0545. The number of aryl methyl sites for hydroxylation is 1. The molecule has 1 saturated heterocycles. The van der Waals surface area contributed by atoms with Gasteiger partial charge in [0.1, 0.15) is 0 Å². The molecule has 2 nitrogen and oxygen atoms in total. The molecule has 2 rings (SSSR count). The normalized spacial score (nSPS) is 25.2. The van der Waals surface area contributed by atoms with E-state index in [4.69, 9.17) is 4.74 Å². The highest BCUT2D eigenvalue weighted by atomic mass is 16.5.